The summed E-state index contributed by atoms with van der Waals surface area (Å²) in [5.41, 5.74) is 1.21. The van der Waals surface area contributed by atoms with Crippen LogP contribution >= 0.6 is 0 Å². The van der Waals surface area contributed by atoms with Crippen LogP contribution in [0.4, 0.5) is 5.82 Å². The molecule has 0 spiro atoms. The number of aryl methyl sites for hydroxylation is 2. The Morgan fingerprint density at radius 2 is 1.89 bits per heavy atom. The lowest BCUT2D eigenvalue weighted by Gasteiger charge is -2.11. The van der Waals surface area contributed by atoms with Crippen molar-refractivity contribution in [3.05, 3.63) is 57.6 Å². The highest BCUT2D eigenvalue weighted by molar-refractivity contribution is 6.06. The molecule has 0 fully saturated rings. The van der Waals surface area contributed by atoms with Gasteiger partial charge >= 0.3 is 0 Å². The molecule has 27 heavy (non-hydrogen) atoms. The minimum absolute atomic E-state index is 0.213. The second kappa shape index (κ2) is 7.32. The summed E-state index contributed by atoms with van der Waals surface area (Å²) in [5, 5.41) is 7.07. The minimum atomic E-state index is -0.398. The molecule has 0 saturated heterocycles. The fourth-order valence-corrected chi connectivity index (χ4v) is 2.58. The number of aromatic nitrogens is 4. The number of amides is 1. The molecule has 1 amide bonds. The van der Waals surface area contributed by atoms with Crippen molar-refractivity contribution in [2.75, 3.05) is 19.5 Å². The van der Waals surface area contributed by atoms with Crippen LogP contribution in [0.25, 0.3) is 5.95 Å². The Labute approximate surface area is 155 Å². The number of hydrogen-bond acceptors (Lipinski definition) is 6. The number of ether oxygens (including phenoxy) is 2. The van der Waals surface area contributed by atoms with Gasteiger partial charge in [-0.25, -0.2) is 4.98 Å². The predicted octanol–water partition coefficient (Wildman–Crippen LogP) is 1.84. The molecular formula is C18H19N5O4. The van der Waals surface area contributed by atoms with E-state index in [0.29, 0.717) is 34.3 Å². The normalized spacial score (nSPS) is 10.5. The van der Waals surface area contributed by atoms with Crippen LogP contribution in [0.1, 0.15) is 21.7 Å². The number of H-pyrrole nitrogens is 1. The maximum absolute atomic E-state index is 12.8. The Kier molecular flexibility index (Phi) is 4.93. The van der Waals surface area contributed by atoms with E-state index < -0.39 is 5.91 Å². The van der Waals surface area contributed by atoms with Crippen LogP contribution in [0.15, 0.2) is 35.1 Å². The quantitative estimate of drug-likeness (QED) is 0.710. The van der Waals surface area contributed by atoms with Gasteiger partial charge in [0.25, 0.3) is 11.5 Å². The fraction of sp³-hybridized carbons (Fsp3) is 0.222. The predicted molar refractivity (Wildman–Crippen MR) is 99.0 cm³/mol. The molecule has 0 radical (unpaired) electrons. The van der Waals surface area contributed by atoms with Gasteiger partial charge in [0.15, 0.2) is 0 Å². The molecule has 0 aliphatic heterocycles. The molecule has 0 atom stereocenters. The Morgan fingerprint density at radius 3 is 2.56 bits per heavy atom. The third kappa shape index (κ3) is 3.81. The van der Waals surface area contributed by atoms with Gasteiger partial charge in [-0.05, 0) is 26.0 Å². The average Bonchev–Trinajstić information content (AvgIpc) is 3.00. The van der Waals surface area contributed by atoms with E-state index in [4.69, 9.17) is 9.47 Å². The van der Waals surface area contributed by atoms with Crippen molar-refractivity contribution in [1.29, 1.82) is 0 Å². The van der Waals surface area contributed by atoms with Crippen LogP contribution in [0.2, 0.25) is 0 Å². The van der Waals surface area contributed by atoms with Crippen LogP contribution < -0.4 is 20.3 Å². The van der Waals surface area contributed by atoms with Crippen molar-refractivity contribution in [2.24, 2.45) is 0 Å². The number of benzene rings is 1. The van der Waals surface area contributed by atoms with Crippen molar-refractivity contribution >= 4 is 11.7 Å². The smallest absolute Gasteiger partial charge is 0.260 e. The highest BCUT2D eigenvalue weighted by atomic mass is 16.5. The van der Waals surface area contributed by atoms with E-state index in [0.717, 1.165) is 0 Å². The summed E-state index contributed by atoms with van der Waals surface area (Å²) >= 11 is 0. The first-order valence-corrected chi connectivity index (χ1v) is 8.09. The second-order valence-corrected chi connectivity index (χ2v) is 5.81. The van der Waals surface area contributed by atoms with Crippen molar-refractivity contribution in [3.63, 3.8) is 0 Å². The standard InChI is InChI=1S/C18H19N5O4/c1-10-8-16(24)21-18(19-10)23-15(7-11(2)22-23)20-17(25)13-6-5-12(26-3)9-14(13)27-4/h5-9H,1-4H3,(H,20,25)(H,19,21,24). The molecule has 2 heterocycles. The van der Waals surface area contributed by atoms with Crippen molar-refractivity contribution in [2.45, 2.75) is 13.8 Å². The number of anilines is 1. The SMILES string of the molecule is COc1ccc(C(=O)Nc2cc(C)nn2-c2nc(C)cc(=O)[nH]2)c(OC)c1. The molecular weight excluding hydrogens is 350 g/mol. The first-order chi connectivity index (χ1) is 12.9. The van der Waals surface area contributed by atoms with Crippen LogP contribution in [0, 0.1) is 13.8 Å². The van der Waals surface area contributed by atoms with E-state index in [9.17, 15) is 9.59 Å². The number of aromatic amines is 1. The molecule has 1 aromatic carbocycles. The highest BCUT2D eigenvalue weighted by Gasteiger charge is 2.17. The summed E-state index contributed by atoms with van der Waals surface area (Å²) in [4.78, 5) is 31.4. The molecule has 0 unspecified atom stereocenters. The molecule has 3 rings (SSSR count). The highest BCUT2D eigenvalue weighted by Crippen LogP contribution is 2.25. The minimum Gasteiger partial charge on any atom is -0.497 e. The molecule has 0 bridgehead atoms. The Hall–Kier alpha value is -3.62. The van der Waals surface area contributed by atoms with Crippen LogP contribution in [0.3, 0.4) is 0 Å². The van der Waals surface area contributed by atoms with Crippen molar-refractivity contribution in [3.8, 4) is 17.4 Å². The van der Waals surface area contributed by atoms with Gasteiger partial charge in [-0.3, -0.25) is 14.6 Å². The summed E-state index contributed by atoms with van der Waals surface area (Å²) in [6.45, 7) is 3.48. The maximum atomic E-state index is 12.8. The van der Waals surface area contributed by atoms with Crippen LogP contribution in [-0.4, -0.2) is 39.9 Å². The van der Waals surface area contributed by atoms with Gasteiger partial charge in [0.05, 0.1) is 25.5 Å². The summed E-state index contributed by atoms with van der Waals surface area (Å²) in [5.74, 6) is 1.13. The summed E-state index contributed by atoms with van der Waals surface area (Å²) in [7, 11) is 3.01. The van der Waals surface area contributed by atoms with Gasteiger partial charge in [-0.15, -0.1) is 0 Å². The molecule has 0 saturated carbocycles. The van der Waals surface area contributed by atoms with Gasteiger partial charge in [-0.1, -0.05) is 0 Å². The fourth-order valence-electron chi connectivity index (χ4n) is 2.58. The first kappa shape index (κ1) is 18.2. The monoisotopic (exact) mass is 369 g/mol. The lowest BCUT2D eigenvalue weighted by Crippen LogP contribution is -2.19. The Bertz CT molecular complexity index is 1050. The van der Waals surface area contributed by atoms with E-state index in [-0.39, 0.29) is 11.5 Å². The summed E-state index contributed by atoms with van der Waals surface area (Å²) < 4.78 is 11.8. The van der Waals surface area contributed by atoms with E-state index in [1.165, 1.54) is 25.0 Å². The third-order valence-electron chi connectivity index (χ3n) is 3.78. The molecule has 3 aromatic rings. The van der Waals surface area contributed by atoms with Gasteiger partial charge < -0.3 is 14.8 Å². The largest absolute Gasteiger partial charge is 0.497 e. The van der Waals surface area contributed by atoms with E-state index in [1.54, 1.807) is 38.1 Å². The zero-order chi connectivity index (χ0) is 19.6. The number of rotatable bonds is 5. The zero-order valence-electron chi connectivity index (χ0n) is 15.4. The maximum Gasteiger partial charge on any atom is 0.260 e. The van der Waals surface area contributed by atoms with Crippen molar-refractivity contribution in [1.82, 2.24) is 19.7 Å². The number of carbonyl (C=O) groups excluding carboxylic acids is 1. The molecule has 140 valence electrons. The lowest BCUT2D eigenvalue weighted by molar-refractivity contribution is 0.102. The van der Waals surface area contributed by atoms with Gasteiger partial charge in [0.1, 0.15) is 17.3 Å². The summed E-state index contributed by atoms with van der Waals surface area (Å²) in [6.07, 6.45) is 0. The average molecular weight is 369 g/mol. The van der Waals surface area contributed by atoms with E-state index in [1.807, 2.05) is 0 Å². The molecule has 0 aliphatic rings. The number of nitrogens with one attached hydrogen (secondary N) is 2. The lowest BCUT2D eigenvalue weighted by atomic mass is 10.1. The van der Waals surface area contributed by atoms with E-state index >= 15 is 0 Å². The molecule has 2 N–H and O–H groups in total. The number of methoxy groups -OCH3 is 2. The van der Waals surface area contributed by atoms with Crippen LogP contribution in [-0.2, 0) is 0 Å². The van der Waals surface area contributed by atoms with Gasteiger partial charge in [0, 0.05) is 23.9 Å². The number of carbonyl (C=O) groups is 1. The number of hydrogen-bond donors (Lipinski definition) is 2. The summed E-state index contributed by atoms with van der Waals surface area (Å²) in [6, 6.07) is 7.94. The van der Waals surface area contributed by atoms with Gasteiger partial charge in [-0.2, -0.15) is 9.78 Å². The van der Waals surface area contributed by atoms with E-state index in [2.05, 4.69) is 20.4 Å². The molecule has 0 aliphatic carbocycles. The van der Waals surface area contributed by atoms with Gasteiger partial charge in [0.2, 0.25) is 5.95 Å². The first-order valence-electron chi connectivity index (χ1n) is 8.09. The third-order valence-corrected chi connectivity index (χ3v) is 3.78. The Balaban J connectivity index is 1.97. The Morgan fingerprint density at radius 1 is 1.11 bits per heavy atom. The molecule has 2 aromatic heterocycles. The second-order valence-electron chi connectivity index (χ2n) is 5.81. The zero-order valence-corrected chi connectivity index (χ0v) is 15.4. The van der Waals surface area contributed by atoms with Crippen LogP contribution in [0.5, 0.6) is 11.5 Å². The molecule has 9 heteroatoms. The van der Waals surface area contributed by atoms with Crippen molar-refractivity contribution < 1.29 is 14.3 Å². The topological polar surface area (TPSA) is 111 Å². The molecule has 9 nitrogen and oxygen atoms in total. The number of nitrogens with zero attached hydrogens (tertiary/aromatic N) is 3.